The molecule has 0 N–H and O–H groups in total. The van der Waals surface area contributed by atoms with E-state index in [9.17, 15) is 0 Å². The molecule has 1 aliphatic heterocycles. The highest BCUT2D eigenvalue weighted by Crippen LogP contribution is 2.33. The molecule has 0 aliphatic carbocycles. The summed E-state index contributed by atoms with van der Waals surface area (Å²) < 4.78 is 0. The van der Waals surface area contributed by atoms with Gasteiger partial charge in [0.05, 0.1) is 0 Å². The van der Waals surface area contributed by atoms with Crippen molar-refractivity contribution in [3.8, 4) is 11.1 Å². The second-order valence-electron chi connectivity index (χ2n) is 6.97. The Morgan fingerprint density at radius 3 is 2.23 bits per heavy atom. The van der Waals surface area contributed by atoms with E-state index in [4.69, 9.17) is 0 Å². The highest BCUT2D eigenvalue weighted by molar-refractivity contribution is 5.85. The highest BCUT2D eigenvalue weighted by Gasteiger charge is 2.26. The first-order chi connectivity index (χ1) is 12.3. The average molecular weight is 364 g/mol. The third-order valence-electron chi connectivity index (χ3n) is 5.39. The zero-order valence-corrected chi connectivity index (χ0v) is 16.1. The predicted octanol–water partition coefficient (Wildman–Crippen LogP) is 6.11. The van der Waals surface area contributed by atoms with Crippen LogP contribution in [-0.4, -0.2) is 10.9 Å². The molecular weight excluding hydrogens is 338 g/mol. The quantitative estimate of drug-likeness (QED) is 0.540. The van der Waals surface area contributed by atoms with Crippen molar-refractivity contribution >= 4 is 12.4 Å². The molecule has 4 rings (SSSR count). The summed E-state index contributed by atoms with van der Waals surface area (Å²) in [5.74, 6) is 0. The number of hydrogen-bond acceptors (Lipinski definition) is 1. The number of benzene rings is 3. The van der Waals surface area contributed by atoms with E-state index < -0.39 is 0 Å². The maximum Gasteiger partial charge on any atom is 0.0249 e. The predicted molar refractivity (Wildman–Crippen MR) is 113 cm³/mol. The molecule has 1 unspecified atom stereocenters. The van der Waals surface area contributed by atoms with E-state index in [0.717, 1.165) is 19.5 Å². The van der Waals surface area contributed by atoms with Gasteiger partial charge in [-0.3, -0.25) is 4.90 Å². The van der Waals surface area contributed by atoms with E-state index in [1.807, 2.05) is 0 Å². The van der Waals surface area contributed by atoms with E-state index in [-0.39, 0.29) is 12.4 Å². The van der Waals surface area contributed by atoms with Gasteiger partial charge in [-0.25, -0.2) is 0 Å². The van der Waals surface area contributed by atoms with Crippen LogP contribution in [0.15, 0.2) is 78.9 Å². The molecule has 26 heavy (non-hydrogen) atoms. The van der Waals surface area contributed by atoms with Crippen LogP contribution >= 0.6 is 12.4 Å². The van der Waals surface area contributed by atoms with Gasteiger partial charge in [0.1, 0.15) is 0 Å². The van der Waals surface area contributed by atoms with Gasteiger partial charge in [0, 0.05) is 19.1 Å². The fourth-order valence-corrected chi connectivity index (χ4v) is 4.02. The van der Waals surface area contributed by atoms with Crippen molar-refractivity contribution in [2.45, 2.75) is 38.9 Å². The van der Waals surface area contributed by atoms with Crippen LogP contribution in [0.3, 0.4) is 0 Å². The van der Waals surface area contributed by atoms with Gasteiger partial charge in [0.25, 0.3) is 0 Å². The van der Waals surface area contributed by atoms with Gasteiger partial charge in [-0.1, -0.05) is 85.8 Å². The van der Waals surface area contributed by atoms with Gasteiger partial charge in [-0.15, -0.1) is 12.4 Å². The van der Waals surface area contributed by atoms with Crippen LogP contribution in [-0.2, 0) is 19.5 Å². The van der Waals surface area contributed by atoms with Gasteiger partial charge >= 0.3 is 0 Å². The minimum atomic E-state index is 0. The van der Waals surface area contributed by atoms with Gasteiger partial charge in [-0.05, 0) is 40.7 Å². The highest BCUT2D eigenvalue weighted by atomic mass is 35.5. The Balaban J connectivity index is 0.00000196. The van der Waals surface area contributed by atoms with Crippen LogP contribution in [0.5, 0.6) is 0 Å². The van der Waals surface area contributed by atoms with E-state index in [2.05, 4.69) is 90.7 Å². The third-order valence-corrected chi connectivity index (χ3v) is 5.39. The van der Waals surface area contributed by atoms with E-state index >= 15 is 0 Å². The Hall–Kier alpha value is -2.09. The average Bonchev–Trinajstić information content (AvgIpc) is 2.68. The standard InChI is InChI=1S/C24H25N.ClH/c1-2-22-16-21-14-9-15-23(20-12-7-4-8-13-20)24(21)18-25(22)17-19-10-5-3-6-11-19;/h3-15,22H,2,16-18H2,1H3;1H. The van der Waals surface area contributed by atoms with Crippen molar-refractivity contribution in [1.82, 2.24) is 4.90 Å². The SMILES string of the molecule is CCC1Cc2cccc(-c3ccccc3)c2CN1Cc1ccccc1.Cl. The first-order valence-electron chi connectivity index (χ1n) is 9.29. The fourth-order valence-electron chi connectivity index (χ4n) is 4.02. The van der Waals surface area contributed by atoms with Gasteiger partial charge < -0.3 is 0 Å². The molecule has 1 aliphatic rings. The maximum absolute atomic E-state index is 2.66. The molecule has 0 amide bonds. The van der Waals surface area contributed by atoms with Gasteiger partial charge in [0.2, 0.25) is 0 Å². The maximum atomic E-state index is 2.66. The molecule has 0 bridgehead atoms. The van der Waals surface area contributed by atoms with Crippen LogP contribution in [0.25, 0.3) is 11.1 Å². The molecular formula is C24H26ClN. The fraction of sp³-hybridized carbons (Fsp3) is 0.250. The number of fused-ring (bicyclic) bond motifs is 1. The molecule has 3 aromatic carbocycles. The Morgan fingerprint density at radius 2 is 1.54 bits per heavy atom. The lowest BCUT2D eigenvalue weighted by Crippen LogP contribution is -2.39. The molecule has 1 atom stereocenters. The van der Waals surface area contributed by atoms with Crippen molar-refractivity contribution in [2.24, 2.45) is 0 Å². The zero-order chi connectivity index (χ0) is 17.1. The largest absolute Gasteiger partial charge is 0.292 e. The minimum absolute atomic E-state index is 0. The molecule has 0 saturated heterocycles. The molecule has 134 valence electrons. The summed E-state index contributed by atoms with van der Waals surface area (Å²) in [7, 11) is 0. The second kappa shape index (κ2) is 8.53. The van der Waals surface area contributed by atoms with Crippen molar-refractivity contribution in [2.75, 3.05) is 0 Å². The second-order valence-corrected chi connectivity index (χ2v) is 6.97. The minimum Gasteiger partial charge on any atom is -0.292 e. The van der Waals surface area contributed by atoms with Gasteiger partial charge in [0.15, 0.2) is 0 Å². The molecule has 1 heterocycles. The van der Waals surface area contributed by atoms with E-state index in [0.29, 0.717) is 6.04 Å². The summed E-state index contributed by atoms with van der Waals surface area (Å²) in [6.07, 6.45) is 2.35. The van der Waals surface area contributed by atoms with Crippen molar-refractivity contribution in [1.29, 1.82) is 0 Å². The summed E-state index contributed by atoms with van der Waals surface area (Å²) in [6.45, 7) is 4.38. The molecule has 1 nitrogen and oxygen atoms in total. The summed E-state index contributed by atoms with van der Waals surface area (Å²) in [6, 6.07) is 29.1. The Kier molecular flexibility index (Phi) is 6.13. The molecule has 0 aromatic heterocycles. The van der Waals surface area contributed by atoms with Crippen LogP contribution in [0.1, 0.15) is 30.0 Å². The Morgan fingerprint density at radius 1 is 0.846 bits per heavy atom. The monoisotopic (exact) mass is 363 g/mol. The summed E-state index contributed by atoms with van der Waals surface area (Å²) in [5.41, 5.74) is 7.16. The van der Waals surface area contributed by atoms with Crippen molar-refractivity contribution in [3.05, 3.63) is 95.6 Å². The van der Waals surface area contributed by atoms with Crippen LogP contribution in [0, 0.1) is 0 Å². The summed E-state index contributed by atoms with van der Waals surface area (Å²) in [5, 5.41) is 0. The first kappa shape index (κ1) is 18.7. The molecule has 0 saturated carbocycles. The van der Waals surface area contributed by atoms with Crippen LogP contribution < -0.4 is 0 Å². The molecule has 0 fully saturated rings. The topological polar surface area (TPSA) is 3.24 Å². The lowest BCUT2D eigenvalue weighted by molar-refractivity contribution is 0.158. The van der Waals surface area contributed by atoms with Crippen molar-refractivity contribution in [3.63, 3.8) is 0 Å². The van der Waals surface area contributed by atoms with Crippen molar-refractivity contribution < 1.29 is 0 Å². The summed E-state index contributed by atoms with van der Waals surface area (Å²) >= 11 is 0. The Bertz CT molecular complexity index is 829. The molecule has 0 spiro atoms. The lowest BCUT2D eigenvalue weighted by atomic mass is 9.87. The van der Waals surface area contributed by atoms with E-state index in [1.54, 1.807) is 0 Å². The number of halogens is 1. The summed E-state index contributed by atoms with van der Waals surface area (Å²) in [4.78, 5) is 2.66. The zero-order valence-electron chi connectivity index (χ0n) is 15.3. The molecule has 0 radical (unpaired) electrons. The third kappa shape index (κ3) is 3.85. The molecule has 2 heteroatoms. The normalized spacial score (nSPS) is 16.6. The Labute approximate surface area is 163 Å². The smallest absolute Gasteiger partial charge is 0.0249 e. The number of hydrogen-bond donors (Lipinski definition) is 0. The van der Waals surface area contributed by atoms with Gasteiger partial charge in [-0.2, -0.15) is 0 Å². The molecule has 3 aromatic rings. The first-order valence-corrected chi connectivity index (χ1v) is 9.29. The van der Waals surface area contributed by atoms with Crippen LogP contribution in [0.2, 0.25) is 0 Å². The number of nitrogens with zero attached hydrogens (tertiary/aromatic N) is 1. The van der Waals surface area contributed by atoms with E-state index in [1.165, 1.54) is 34.2 Å². The lowest BCUT2D eigenvalue weighted by Gasteiger charge is -2.37. The number of rotatable bonds is 4. The van der Waals surface area contributed by atoms with Crippen LogP contribution in [0.4, 0.5) is 0 Å².